The van der Waals surface area contributed by atoms with Gasteiger partial charge in [-0.25, -0.2) is 4.79 Å². The molecule has 1 amide bonds. The van der Waals surface area contributed by atoms with Gasteiger partial charge in [0, 0.05) is 10.5 Å². The van der Waals surface area contributed by atoms with Crippen molar-refractivity contribution < 1.29 is 18.8 Å². The third-order valence-corrected chi connectivity index (χ3v) is 3.71. The molecule has 2 rings (SSSR count). The van der Waals surface area contributed by atoms with E-state index in [1.54, 1.807) is 6.92 Å². The van der Waals surface area contributed by atoms with Crippen LogP contribution >= 0.6 is 15.9 Å². The van der Waals surface area contributed by atoms with Crippen molar-refractivity contribution >= 4 is 27.8 Å². The first-order valence-electron chi connectivity index (χ1n) is 7.15. The van der Waals surface area contributed by atoms with Crippen LogP contribution in [0.25, 0.3) is 0 Å². The van der Waals surface area contributed by atoms with Gasteiger partial charge >= 0.3 is 5.97 Å². The van der Waals surface area contributed by atoms with Gasteiger partial charge in [-0.1, -0.05) is 40.1 Å². The number of benzene rings is 1. The molecule has 23 heavy (non-hydrogen) atoms. The highest BCUT2D eigenvalue weighted by molar-refractivity contribution is 9.10. The molecule has 122 valence electrons. The Morgan fingerprint density at radius 3 is 2.61 bits per heavy atom. The minimum atomic E-state index is -0.711. The van der Waals surface area contributed by atoms with E-state index in [9.17, 15) is 9.59 Å². The Morgan fingerprint density at radius 2 is 2.04 bits per heavy atom. The average Bonchev–Trinajstić information content (AvgIpc) is 2.98. The first-order valence-corrected chi connectivity index (χ1v) is 7.94. The highest BCUT2D eigenvalue weighted by Crippen LogP contribution is 2.19. The molecule has 7 heteroatoms. The van der Waals surface area contributed by atoms with Crippen LogP contribution in [0, 0.1) is 6.92 Å². The Balaban J connectivity index is 1.87. The molecule has 1 aromatic carbocycles. The Labute approximate surface area is 142 Å². The molecule has 0 saturated carbocycles. The van der Waals surface area contributed by atoms with Gasteiger partial charge in [-0.3, -0.25) is 4.79 Å². The van der Waals surface area contributed by atoms with Crippen molar-refractivity contribution in [2.24, 2.45) is 0 Å². The molecule has 0 bridgehead atoms. The van der Waals surface area contributed by atoms with Gasteiger partial charge < -0.3 is 14.6 Å². The van der Waals surface area contributed by atoms with Crippen LogP contribution in [0.5, 0.6) is 0 Å². The van der Waals surface area contributed by atoms with Gasteiger partial charge in [-0.15, -0.1) is 0 Å². The summed E-state index contributed by atoms with van der Waals surface area (Å²) in [6.07, 6.45) is 0.725. The lowest BCUT2D eigenvalue weighted by Gasteiger charge is -2.17. The van der Waals surface area contributed by atoms with Crippen LogP contribution in [0.15, 0.2) is 39.3 Å². The van der Waals surface area contributed by atoms with Crippen LogP contribution in [0.3, 0.4) is 0 Å². The quantitative estimate of drug-likeness (QED) is 0.778. The molecule has 1 heterocycles. The monoisotopic (exact) mass is 380 g/mol. The zero-order valence-electron chi connectivity index (χ0n) is 12.8. The molecular weight excluding hydrogens is 364 g/mol. The zero-order valence-corrected chi connectivity index (χ0v) is 14.4. The lowest BCUT2D eigenvalue weighted by atomic mass is 10.0. The fraction of sp³-hybridized carbons (Fsp3) is 0.312. The van der Waals surface area contributed by atoms with Crippen molar-refractivity contribution in [3.05, 3.63) is 51.8 Å². The maximum absolute atomic E-state index is 11.9. The number of aryl methyl sites for hydroxylation is 1. The third kappa shape index (κ3) is 4.92. The second-order valence-electron chi connectivity index (χ2n) is 4.99. The SMILES string of the molecule is CC[C@H](NC(=O)COC(=O)c1cc(C)no1)c1ccc(Br)cc1. The number of halogens is 1. The molecule has 1 aromatic heterocycles. The number of carbonyl (C=O) groups is 2. The lowest BCUT2D eigenvalue weighted by molar-refractivity contribution is -0.125. The summed E-state index contributed by atoms with van der Waals surface area (Å²) in [5, 5.41) is 6.43. The van der Waals surface area contributed by atoms with Crippen molar-refractivity contribution in [2.75, 3.05) is 6.61 Å². The van der Waals surface area contributed by atoms with Crippen molar-refractivity contribution in [3.63, 3.8) is 0 Å². The van der Waals surface area contributed by atoms with Gasteiger partial charge in [0.1, 0.15) is 0 Å². The number of hydrogen-bond acceptors (Lipinski definition) is 5. The fourth-order valence-corrected chi connectivity index (χ4v) is 2.28. The summed E-state index contributed by atoms with van der Waals surface area (Å²) in [6.45, 7) is 3.29. The maximum atomic E-state index is 11.9. The second-order valence-corrected chi connectivity index (χ2v) is 5.90. The number of rotatable bonds is 6. The molecule has 0 aliphatic heterocycles. The highest BCUT2D eigenvalue weighted by Gasteiger charge is 2.17. The summed E-state index contributed by atoms with van der Waals surface area (Å²) in [5.74, 6) is -1.10. The maximum Gasteiger partial charge on any atom is 0.377 e. The van der Waals surface area contributed by atoms with Crippen LogP contribution < -0.4 is 5.32 Å². The summed E-state index contributed by atoms with van der Waals surface area (Å²) in [7, 11) is 0. The summed E-state index contributed by atoms with van der Waals surface area (Å²) in [6, 6.07) is 9.01. The smallest absolute Gasteiger partial charge is 0.377 e. The van der Waals surface area contributed by atoms with E-state index in [2.05, 4.69) is 26.4 Å². The van der Waals surface area contributed by atoms with E-state index in [1.165, 1.54) is 6.07 Å². The van der Waals surface area contributed by atoms with Crippen molar-refractivity contribution in [3.8, 4) is 0 Å². The van der Waals surface area contributed by atoms with E-state index in [1.807, 2.05) is 31.2 Å². The van der Waals surface area contributed by atoms with E-state index in [0.29, 0.717) is 5.69 Å². The molecule has 0 spiro atoms. The standard InChI is InChI=1S/C16H17BrN2O4/c1-3-13(11-4-6-12(17)7-5-11)18-15(20)9-22-16(21)14-8-10(2)19-23-14/h4-8,13H,3,9H2,1-2H3,(H,18,20)/t13-/m0/s1. The van der Waals surface area contributed by atoms with Gasteiger partial charge in [0.25, 0.3) is 5.91 Å². The van der Waals surface area contributed by atoms with Gasteiger partial charge in [0.2, 0.25) is 5.76 Å². The molecule has 0 unspecified atom stereocenters. The van der Waals surface area contributed by atoms with E-state index in [4.69, 9.17) is 9.26 Å². The zero-order chi connectivity index (χ0) is 16.8. The third-order valence-electron chi connectivity index (χ3n) is 3.18. The molecule has 0 aliphatic rings. The number of ether oxygens (including phenoxy) is 1. The Kier molecular flexibility index (Phi) is 5.92. The molecule has 2 aromatic rings. The first kappa shape index (κ1) is 17.2. The van der Waals surface area contributed by atoms with Crippen LogP contribution in [0.4, 0.5) is 0 Å². The second kappa shape index (κ2) is 7.92. The van der Waals surface area contributed by atoms with E-state index in [-0.39, 0.29) is 24.3 Å². The van der Waals surface area contributed by atoms with Crippen LogP contribution in [-0.4, -0.2) is 23.6 Å². The number of amides is 1. The molecule has 1 atom stereocenters. The fourth-order valence-electron chi connectivity index (χ4n) is 2.01. The van der Waals surface area contributed by atoms with Crippen LogP contribution in [0.2, 0.25) is 0 Å². The number of nitrogens with zero attached hydrogens (tertiary/aromatic N) is 1. The minimum absolute atomic E-state index is 0.0183. The number of hydrogen-bond donors (Lipinski definition) is 1. The predicted molar refractivity (Wildman–Crippen MR) is 86.8 cm³/mol. The molecule has 0 saturated heterocycles. The van der Waals surface area contributed by atoms with Crippen molar-refractivity contribution in [1.82, 2.24) is 10.5 Å². The van der Waals surface area contributed by atoms with E-state index >= 15 is 0 Å². The summed E-state index contributed by atoms with van der Waals surface area (Å²) >= 11 is 3.37. The van der Waals surface area contributed by atoms with E-state index < -0.39 is 5.97 Å². The minimum Gasteiger partial charge on any atom is -0.450 e. The molecule has 0 aliphatic carbocycles. The highest BCUT2D eigenvalue weighted by atomic mass is 79.9. The van der Waals surface area contributed by atoms with Gasteiger partial charge in [-0.05, 0) is 31.0 Å². The number of nitrogens with one attached hydrogen (secondary N) is 1. The van der Waals surface area contributed by atoms with Crippen molar-refractivity contribution in [1.29, 1.82) is 0 Å². The molecule has 0 fully saturated rings. The van der Waals surface area contributed by atoms with Gasteiger partial charge in [0.05, 0.1) is 11.7 Å². The Hall–Kier alpha value is -2.15. The number of aromatic nitrogens is 1. The van der Waals surface area contributed by atoms with Crippen LogP contribution in [-0.2, 0) is 9.53 Å². The topological polar surface area (TPSA) is 81.4 Å². The predicted octanol–water partition coefficient (Wildman–Crippen LogP) is 3.17. The molecule has 1 N–H and O–H groups in total. The number of esters is 1. The van der Waals surface area contributed by atoms with Gasteiger partial charge in [0.15, 0.2) is 6.61 Å². The first-order chi connectivity index (χ1) is 11.0. The van der Waals surface area contributed by atoms with E-state index in [0.717, 1.165) is 16.5 Å². The van der Waals surface area contributed by atoms with Crippen molar-refractivity contribution in [2.45, 2.75) is 26.3 Å². The summed E-state index contributed by atoms with van der Waals surface area (Å²) in [5.41, 5.74) is 1.56. The van der Waals surface area contributed by atoms with Crippen LogP contribution in [0.1, 0.15) is 41.2 Å². The summed E-state index contributed by atoms with van der Waals surface area (Å²) < 4.78 is 10.7. The normalized spacial score (nSPS) is 11.8. The molecule has 0 radical (unpaired) electrons. The van der Waals surface area contributed by atoms with Gasteiger partial charge in [-0.2, -0.15) is 0 Å². The summed E-state index contributed by atoms with van der Waals surface area (Å²) in [4.78, 5) is 23.6. The Morgan fingerprint density at radius 1 is 1.35 bits per heavy atom. The molecular formula is C16H17BrN2O4. The molecule has 6 nitrogen and oxygen atoms in total. The lowest BCUT2D eigenvalue weighted by Crippen LogP contribution is -2.32. The average molecular weight is 381 g/mol. The Bertz CT molecular complexity index is 682. The largest absolute Gasteiger partial charge is 0.450 e. The number of carbonyl (C=O) groups excluding carboxylic acids is 2.